The van der Waals surface area contributed by atoms with Gasteiger partial charge in [0, 0.05) is 18.5 Å². The zero-order valence-electron chi connectivity index (χ0n) is 17.5. The Labute approximate surface area is 196 Å². The van der Waals surface area contributed by atoms with Gasteiger partial charge in [0.25, 0.3) is 0 Å². The average Bonchev–Trinajstić information content (AvgIpc) is 2.83. The maximum atomic E-state index is 12.0. The minimum absolute atomic E-state index is 0.291. The van der Waals surface area contributed by atoms with Gasteiger partial charge in [-0.15, -0.1) is 0 Å². The van der Waals surface area contributed by atoms with Crippen LogP contribution in [-0.2, 0) is 4.57 Å². The molecule has 4 rings (SSSR count). The van der Waals surface area contributed by atoms with Crippen LogP contribution in [0.3, 0.4) is 0 Å². The molecule has 8 nitrogen and oxygen atoms in total. The van der Waals surface area contributed by atoms with Gasteiger partial charge in [-0.05, 0) is 42.7 Å². The van der Waals surface area contributed by atoms with Crippen LogP contribution in [0.4, 0.5) is 23.1 Å². The Kier molecular flexibility index (Phi) is 6.88. The number of ether oxygens (including phenoxy) is 2. The average molecular weight is 480 g/mol. The largest absolute Gasteiger partial charge is 0.494 e. The van der Waals surface area contributed by atoms with Crippen LogP contribution >= 0.6 is 19.0 Å². The number of hydrogen-bond acceptors (Lipinski definition) is 8. The van der Waals surface area contributed by atoms with Gasteiger partial charge in [0.05, 0.1) is 30.0 Å². The Hall–Kier alpha value is -3.87. The molecule has 4 aromatic rings. The normalized spacial score (nSPS) is 10.9. The molecule has 0 aliphatic rings. The molecule has 2 N–H and O–H groups in total. The van der Waals surface area contributed by atoms with Crippen LogP contribution in [0.1, 0.15) is 0 Å². The lowest BCUT2D eigenvalue weighted by molar-refractivity contribution is 0.411. The van der Waals surface area contributed by atoms with Crippen molar-refractivity contribution in [1.29, 1.82) is 0 Å². The van der Waals surface area contributed by atoms with Gasteiger partial charge in [-0.3, -0.25) is 9.55 Å². The lowest BCUT2D eigenvalue weighted by Crippen LogP contribution is -2.07. The van der Waals surface area contributed by atoms with Crippen LogP contribution in [0.25, 0.3) is 0 Å². The summed E-state index contributed by atoms with van der Waals surface area (Å²) in [5.41, 5.74) is 1.24. The topological polar surface area (TPSA) is 98.3 Å². The van der Waals surface area contributed by atoms with E-state index >= 15 is 0 Å². The third kappa shape index (κ3) is 5.49. The van der Waals surface area contributed by atoms with Crippen LogP contribution in [0, 0.1) is 0 Å². The van der Waals surface area contributed by atoms with E-state index in [0.717, 1.165) is 0 Å². The van der Waals surface area contributed by atoms with Crippen molar-refractivity contribution < 1.29 is 14.0 Å². The predicted octanol–water partition coefficient (Wildman–Crippen LogP) is 5.70. The summed E-state index contributed by atoms with van der Waals surface area (Å²) in [5, 5.41) is 7.11. The Morgan fingerprint density at radius 3 is 2.55 bits per heavy atom. The van der Waals surface area contributed by atoms with Gasteiger partial charge in [-0.1, -0.05) is 23.7 Å². The highest BCUT2D eigenvalue weighted by Gasteiger charge is 2.12. The molecule has 10 heteroatoms. The van der Waals surface area contributed by atoms with E-state index < -0.39 is 7.42 Å². The van der Waals surface area contributed by atoms with Crippen molar-refractivity contribution >= 4 is 53.8 Å². The first-order chi connectivity index (χ1) is 16.0. The van der Waals surface area contributed by atoms with Gasteiger partial charge in [-0.25, -0.2) is 4.98 Å². The SMILES string of the molecule is C=P(=O)c1ccccc1Nc1nc(Nc2ccc(Oc3ccncc3)cc2OC)ncc1Cl. The van der Waals surface area contributed by atoms with Gasteiger partial charge in [0.15, 0.2) is 5.82 Å². The van der Waals surface area contributed by atoms with Crippen molar-refractivity contribution in [3.63, 3.8) is 0 Å². The Balaban J connectivity index is 1.57. The van der Waals surface area contributed by atoms with Gasteiger partial charge < -0.3 is 20.1 Å². The minimum Gasteiger partial charge on any atom is -0.494 e. The third-order valence-electron chi connectivity index (χ3n) is 4.47. The molecule has 0 aliphatic carbocycles. The Bertz CT molecular complexity index is 1340. The lowest BCUT2D eigenvalue weighted by Gasteiger charge is -2.14. The molecule has 0 spiro atoms. The predicted molar refractivity (Wildman–Crippen MR) is 132 cm³/mol. The highest BCUT2D eigenvalue weighted by Crippen LogP contribution is 2.33. The molecular formula is C23H19ClN5O3P. The molecule has 0 saturated heterocycles. The number of nitrogens with zero attached hydrogens (tertiary/aromatic N) is 3. The van der Waals surface area contributed by atoms with Crippen molar-refractivity contribution in [3.05, 3.63) is 78.2 Å². The van der Waals surface area contributed by atoms with Crippen LogP contribution < -0.4 is 25.4 Å². The fourth-order valence-corrected chi connectivity index (χ4v) is 3.73. The van der Waals surface area contributed by atoms with Crippen molar-refractivity contribution in [3.8, 4) is 17.2 Å². The number of rotatable bonds is 8. The molecule has 1 atom stereocenters. The number of halogens is 1. The van der Waals surface area contributed by atoms with E-state index in [9.17, 15) is 4.57 Å². The summed E-state index contributed by atoms with van der Waals surface area (Å²) in [6.07, 6.45) is 8.40. The van der Waals surface area contributed by atoms with Crippen molar-refractivity contribution in [2.24, 2.45) is 0 Å². The van der Waals surface area contributed by atoms with Gasteiger partial charge in [0.1, 0.15) is 29.7 Å². The van der Waals surface area contributed by atoms with Crippen LogP contribution in [0.15, 0.2) is 73.2 Å². The second-order valence-corrected chi connectivity index (χ2v) is 8.33. The quantitative estimate of drug-likeness (QED) is 0.311. The second-order valence-electron chi connectivity index (χ2n) is 6.68. The minimum atomic E-state index is -1.79. The van der Waals surface area contributed by atoms with Gasteiger partial charge in [0.2, 0.25) is 5.95 Å². The van der Waals surface area contributed by atoms with E-state index in [4.69, 9.17) is 21.1 Å². The zero-order valence-corrected chi connectivity index (χ0v) is 19.2. The lowest BCUT2D eigenvalue weighted by atomic mass is 10.2. The van der Waals surface area contributed by atoms with Crippen LogP contribution in [0.2, 0.25) is 5.02 Å². The maximum Gasteiger partial charge on any atom is 0.229 e. The molecule has 0 bridgehead atoms. The number of hydrogen-bond donors (Lipinski definition) is 2. The molecule has 0 saturated carbocycles. The summed E-state index contributed by atoms with van der Waals surface area (Å²) in [6, 6.07) is 16.0. The highest BCUT2D eigenvalue weighted by molar-refractivity contribution is 7.52. The molecule has 0 fully saturated rings. The third-order valence-corrected chi connectivity index (χ3v) is 5.68. The molecule has 33 heavy (non-hydrogen) atoms. The van der Waals surface area contributed by atoms with Crippen molar-refractivity contribution in [1.82, 2.24) is 15.0 Å². The fourth-order valence-electron chi connectivity index (χ4n) is 2.94. The molecule has 2 heterocycles. The number of anilines is 4. The summed E-state index contributed by atoms with van der Waals surface area (Å²) < 4.78 is 23.3. The van der Waals surface area contributed by atoms with Crippen LogP contribution in [0.5, 0.6) is 17.2 Å². The molecular weight excluding hydrogens is 461 g/mol. The van der Waals surface area contributed by atoms with E-state index in [1.807, 2.05) is 6.07 Å². The first-order valence-electron chi connectivity index (χ1n) is 9.73. The number of para-hydroxylation sites is 1. The van der Waals surface area contributed by atoms with E-state index in [2.05, 4.69) is 31.9 Å². The summed E-state index contributed by atoms with van der Waals surface area (Å²) in [7, 11) is -0.236. The zero-order chi connectivity index (χ0) is 23.2. The first-order valence-corrected chi connectivity index (χ1v) is 11.5. The van der Waals surface area contributed by atoms with Gasteiger partial charge >= 0.3 is 0 Å². The van der Waals surface area contributed by atoms with E-state index in [1.54, 1.807) is 68.0 Å². The van der Waals surface area contributed by atoms with Crippen LogP contribution in [-0.4, -0.2) is 28.4 Å². The maximum absolute atomic E-state index is 12.0. The molecule has 2 aromatic heterocycles. The van der Waals surface area contributed by atoms with Gasteiger partial charge in [-0.2, -0.15) is 4.98 Å². The summed E-state index contributed by atoms with van der Waals surface area (Å²) in [5.74, 6) is 2.44. The summed E-state index contributed by atoms with van der Waals surface area (Å²) in [4.78, 5) is 12.7. The van der Waals surface area contributed by atoms with E-state index in [0.29, 0.717) is 50.7 Å². The smallest absolute Gasteiger partial charge is 0.229 e. The number of aromatic nitrogens is 3. The molecule has 0 radical (unpaired) electrons. The highest BCUT2D eigenvalue weighted by atomic mass is 35.5. The standard InChI is InChI=1S/C23H19ClN5O3P/c1-31-20-13-16(32-15-9-11-25-12-10-15)7-8-18(20)28-23-26-14-17(24)22(29-23)27-19-5-3-4-6-21(19)33(2)30/h3-14H,2H2,1H3,(H2,26,27,28,29). The van der Waals surface area contributed by atoms with Crippen molar-refractivity contribution in [2.75, 3.05) is 17.7 Å². The second kappa shape index (κ2) is 10.2. The monoisotopic (exact) mass is 479 g/mol. The Morgan fingerprint density at radius 1 is 1.00 bits per heavy atom. The number of pyridine rings is 1. The first kappa shape index (κ1) is 22.3. The Morgan fingerprint density at radius 2 is 1.79 bits per heavy atom. The molecule has 2 aromatic carbocycles. The summed E-state index contributed by atoms with van der Waals surface area (Å²) in [6.45, 7) is 0. The fraction of sp³-hybridized carbons (Fsp3) is 0.0435. The van der Waals surface area contributed by atoms with E-state index in [1.165, 1.54) is 6.20 Å². The number of benzene rings is 2. The van der Waals surface area contributed by atoms with Crippen molar-refractivity contribution in [2.45, 2.75) is 0 Å². The number of methoxy groups -OCH3 is 1. The van der Waals surface area contributed by atoms with E-state index in [-0.39, 0.29) is 0 Å². The molecule has 166 valence electrons. The molecule has 1 unspecified atom stereocenters. The molecule has 0 aliphatic heterocycles. The summed E-state index contributed by atoms with van der Waals surface area (Å²) >= 11 is 6.29. The number of nitrogens with one attached hydrogen (secondary N) is 2. The molecule has 0 amide bonds.